The van der Waals surface area contributed by atoms with E-state index in [9.17, 15) is 8.42 Å². The Kier molecular flexibility index (Phi) is 3.98. The van der Waals surface area contributed by atoms with Crippen molar-refractivity contribution in [2.24, 2.45) is 0 Å². The van der Waals surface area contributed by atoms with Crippen LogP contribution in [0.3, 0.4) is 0 Å². The van der Waals surface area contributed by atoms with Gasteiger partial charge in [0.2, 0.25) is 0 Å². The predicted molar refractivity (Wildman–Crippen MR) is 63.9 cm³/mol. The summed E-state index contributed by atoms with van der Waals surface area (Å²) in [6.07, 6.45) is 0. The molecule has 0 atom stereocenters. The number of nitrogens with two attached hydrogens (primary N) is 1. The van der Waals surface area contributed by atoms with Gasteiger partial charge in [0.25, 0.3) is 10.1 Å². The Morgan fingerprint density at radius 3 is 2.31 bits per heavy atom. The van der Waals surface area contributed by atoms with E-state index in [1.54, 1.807) is 18.2 Å². The van der Waals surface area contributed by atoms with Gasteiger partial charge in [0.1, 0.15) is 4.90 Å². The fourth-order valence-electron chi connectivity index (χ4n) is 1.50. The molecule has 2 aromatic carbocycles. The van der Waals surface area contributed by atoms with Gasteiger partial charge in [-0.2, -0.15) is 8.42 Å². The van der Waals surface area contributed by atoms with Crippen LogP contribution >= 0.6 is 0 Å². The molecule has 4 nitrogen and oxygen atoms in total. The Hall–Kier alpha value is -0.590. The third kappa shape index (κ3) is 2.39. The first-order chi connectivity index (χ1) is 7.00. The van der Waals surface area contributed by atoms with Gasteiger partial charge in [0, 0.05) is 34.9 Å². The Morgan fingerprint density at radius 1 is 1.06 bits per heavy atom. The third-order valence-electron chi connectivity index (χ3n) is 2.21. The Morgan fingerprint density at radius 2 is 1.69 bits per heavy atom. The molecule has 0 heterocycles. The minimum atomic E-state index is -4.25. The van der Waals surface area contributed by atoms with E-state index in [2.05, 4.69) is 0 Å². The molecule has 2 rings (SSSR count). The summed E-state index contributed by atoms with van der Waals surface area (Å²) in [5, 5.41) is 1.45. The number of fused-ring (bicyclic) bond motifs is 1. The third-order valence-corrected chi connectivity index (χ3v) is 3.12. The van der Waals surface area contributed by atoms with Crippen molar-refractivity contribution in [3.8, 4) is 0 Å². The molecule has 16 heavy (non-hydrogen) atoms. The zero-order valence-corrected chi connectivity index (χ0v) is 11.5. The molecule has 0 aliphatic rings. The summed E-state index contributed by atoms with van der Waals surface area (Å²) in [5.41, 5.74) is 5.75. The van der Waals surface area contributed by atoms with E-state index in [4.69, 9.17) is 10.3 Å². The van der Waals surface area contributed by atoms with Crippen LogP contribution in [0.15, 0.2) is 41.3 Å². The Bertz CT molecular complexity index is 625. The maximum Gasteiger partial charge on any atom is 0.296 e. The molecule has 0 unspecified atom stereocenters. The SMILES string of the molecule is Nc1c(S(=O)(=O)O)ccc2ccccc12.[Na]. The van der Waals surface area contributed by atoms with Crippen LogP contribution in [0.25, 0.3) is 10.8 Å². The first-order valence-corrected chi connectivity index (χ1v) is 5.69. The van der Waals surface area contributed by atoms with Crippen molar-refractivity contribution in [2.75, 3.05) is 5.73 Å². The largest absolute Gasteiger partial charge is 0.397 e. The molecule has 79 valence electrons. The van der Waals surface area contributed by atoms with Gasteiger partial charge < -0.3 is 5.73 Å². The van der Waals surface area contributed by atoms with Gasteiger partial charge in [-0.15, -0.1) is 0 Å². The summed E-state index contributed by atoms with van der Waals surface area (Å²) in [6, 6.07) is 10.0. The second kappa shape index (κ2) is 4.73. The van der Waals surface area contributed by atoms with Crippen molar-refractivity contribution < 1.29 is 13.0 Å². The van der Waals surface area contributed by atoms with E-state index in [0.717, 1.165) is 5.39 Å². The predicted octanol–water partition coefficient (Wildman–Crippen LogP) is 1.29. The van der Waals surface area contributed by atoms with E-state index < -0.39 is 10.1 Å². The average Bonchev–Trinajstić information content (AvgIpc) is 2.16. The smallest absolute Gasteiger partial charge is 0.296 e. The molecule has 6 heteroatoms. The van der Waals surface area contributed by atoms with Gasteiger partial charge in [0.05, 0.1) is 5.69 Å². The molecule has 0 aromatic heterocycles. The topological polar surface area (TPSA) is 80.4 Å². The van der Waals surface area contributed by atoms with Crippen molar-refractivity contribution in [1.82, 2.24) is 0 Å². The number of hydrogen-bond donors (Lipinski definition) is 2. The summed E-state index contributed by atoms with van der Waals surface area (Å²) in [7, 11) is -4.25. The monoisotopic (exact) mass is 246 g/mol. The molecule has 2 aromatic rings. The summed E-state index contributed by atoms with van der Waals surface area (Å²) < 4.78 is 30.9. The minimum absolute atomic E-state index is 0. The number of benzene rings is 2. The average molecular weight is 246 g/mol. The van der Waals surface area contributed by atoms with E-state index in [1.165, 1.54) is 6.07 Å². The summed E-state index contributed by atoms with van der Waals surface area (Å²) in [6.45, 7) is 0. The van der Waals surface area contributed by atoms with Gasteiger partial charge in [-0.25, -0.2) is 0 Å². The van der Waals surface area contributed by atoms with Crippen LogP contribution in [0, 0.1) is 0 Å². The Labute approximate surface area is 115 Å². The maximum atomic E-state index is 11.0. The van der Waals surface area contributed by atoms with Crippen molar-refractivity contribution in [3.63, 3.8) is 0 Å². The fourth-order valence-corrected chi connectivity index (χ4v) is 2.13. The molecule has 3 N–H and O–H groups in total. The van der Waals surface area contributed by atoms with Gasteiger partial charge >= 0.3 is 0 Å². The van der Waals surface area contributed by atoms with Crippen LogP contribution < -0.4 is 5.73 Å². The van der Waals surface area contributed by atoms with Crippen LogP contribution in [-0.4, -0.2) is 42.5 Å². The number of hydrogen-bond acceptors (Lipinski definition) is 3. The van der Waals surface area contributed by atoms with Gasteiger partial charge in [-0.05, 0) is 11.5 Å². The Balaban J connectivity index is 0.00000128. The fraction of sp³-hybridized carbons (Fsp3) is 0. The molecule has 0 bridgehead atoms. The molecule has 0 saturated heterocycles. The molecular formula is C10H9NNaO3S. The molecule has 0 aliphatic heterocycles. The zero-order valence-electron chi connectivity index (χ0n) is 8.71. The van der Waals surface area contributed by atoms with Crippen LogP contribution in [0.5, 0.6) is 0 Å². The minimum Gasteiger partial charge on any atom is -0.397 e. The van der Waals surface area contributed by atoms with Crippen LogP contribution in [0.2, 0.25) is 0 Å². The molecule has 0 aliphatic carbocycles. The van der Waals surface area contributed by atoms with Gasteiger partial charge in [-0.1, -0.05) is 30.3 Å². The normalized spacial score (nSPS) is 11.1. The number of nitrogen functional groups attached to an aromatic ring is 1. The second-order valence-electron chi connectivity index (χ2n) is 3.17. The molecule has 0 saturated carbocycles. The van der Waals surface area contributed by atoms with E-state index in [1.807, 2.05) is 12.1 Å². The first kappa shape index (κ1) is 13.5. The van der Waals surface area contributed by atoms with Crippen LogP contribution in [0.1, 0.15) is 0 Å². The second-order valence-corrected chi connectivity index (χ2v) is 4.56. The van der Waals surface area contributed by atoms with Crippen molar-refractivity contribution in [3.05, 3.63) is 36.4 Å². The summed E-state index contributed by atoms with van der Waals surface area (Å²) in [4.78, 5) is -0.249. The summed E-state index contributed by atoms with van der Waals surface area (Å²) >= 11 is 0. The standard InChI is InChI=1S/C10H9NO3S.Na/c11-10-8-4-2-1-3-7(8)5-6-9(10)15(12,13)14;/h1-6H,11H2,(H,12,13,14);. The quantitative estimate of drug-likeness (QED) is 0.451. The van der Waals surface area contributed by atoms with Crippen molar-refractivity contribution in [2.45, 2.75) is 4.90 Å². The molecular weight excluding hydrogens is 237 g/mol. The number of rotatable bonds is 1. The van der Waals surface area contributed by atoms with Gasteiger partial charge in [0.15, 0.2) is 0 Å². The zero-order chi connectivity index (χ0) is 11.1. The van der Waals surface area contributed by atoms with Crippen molar-refractivity contribution >= 4 is 56.1 Å². The van der Waals surface area contributed by atoms with Crippen molar-refractivity contribution in [1.29, 1.82) is 0 Å². The molecule has 1 radical (unpaired) electrons. The molecule has 0 fully saturated rings. The van der Waals surface area contributed by atoms with Gasteiger partial charge in [-0.3, -0.25) is 4.55 Å². The van der Waals surface area contributed by atoms with Crippen LogP contribution in [0.4, 0.5) is 5.69 Å². The van der Waals surface area contributed by atoms with E-state index in [0.29, 0.717) is 5.39 Å². The van der Waals surface area contributed by atoms with Crippen LogP contribution in [-0.2, 0) is 10.1 Å². The van der Waals surface area contributed by atoms with E-state index >= 15 is 0 Å². The summed E-state index contributed by atoms with van der Waals surface area (Å²) in [5.74, 6) is 0. The molecule has 0 amide bonds. The molecule has 0 spiro atoms. The van der Waals surface area contributed by atoms with E-state index in [-0.39, 0.29) is 40.1 Å². The first-order valence-electron chi connectivity index (χ1n) is 4.25. The number of anilines is 1. The maximum absolute atomic E-state index is 11.0.